The molecule has 1 aliphatic rings. The van der Waals surface area contributed by atoms with Gasteiger partial charge in [0.1, 0.15) is 0 Å². The summed E-state index contributed by atoms with van der Waals surface area (Å²) in [7, 11) is 0. The van der Waals surface area contributed by atoms with E-state index in [1.54, 1.807) is 0 Å². The first kappa shape index (κ1) is 8.30. The van der Waals surface area contributed by atoms with Crippen LogP contribution in [-0.4, -0.2) is 5.91 Å². The van der Waals surface area contributed by atoms with E-state index in [2.05, 4.69) is 12.1 Å². The van der Waals surface area contributed by atoms with Gasteiger partial charge in [0.05, 0.1) is 0 Å². The summed E-state index contributed by atoms with van der Waals surface area (Å²) in [6.07, 6.45) is 1.66. The molecule has 2 heteroatoms. The molecular formula is C11H13NO. The zero-order chi connectivity index (χ0) is 9.26. The van der Waals surface area contributed by atoms with Gasteiger partial charge in [0.25, 0.3) is 0 Å². The third-order valence-electron chi connectivity index (χ3n) is 2.61. The van der Waals surface area contributed by atoms with Crippen LogP contribution in [-0.2, 0) is 4.79 Å². The smallest absolute Gasteiger partial charge is 0.217 e. The van der Waals surface area contributed by atoms with E-state index in [4.69, 9.17) is 5.73 Å². The van der Waals surface area contributed by atoms with E-state index >= 15 is 0 Å². The summed E-state index contributed by atoms with van der Waals surface area (Å²) in [6.45, 7) is 0. The van der Waals surface area contributed by atoms with Gasteiger partial charge in [0.2, 0.25) is 5.91 Å². The molecule has 2 atom stereocenters. The topological polar surface area (TPSA) is 43.1 Å². The molecule has 68 valence electrons. The van der Waals surface area contributed by atoms with Crippen LogP contribution in [0.3, 0.4) is 0 Å². The van der Waals surface area contributed by atoms with Crippen molar-refractivity contribution in [1.82, 2.24) is 0 Å². The SMILES string of the molecule is NC(=O)C[C@@H]1C[C@H]1c1ccccc1. The molecule has 0 bridgehead atoms. The Morgan fingerprint density at radius 3 is 2.69 bits per heavy atom. The molecule has 0 saturated heterocycles. The van der Waals surface area contributed by atoms with Gasteiger partial charge >= 0.3 is 0 Å². The summed E-state index contributed by atoms with van der Waals surface area (Å²) in [5.41, 5.74) is 6.48. The zero-order valence-corrected chi connectivity index (χ0v) is 7.44. The van der Waals surface area contributed by atoms with Crippen molar-refractivity contribution in [3.05, 3.63) is 35.9 Å². The molecule has 1 aliphatic carbocycles. The van der Waals surface area contributed by atoms with E-state index < -0.39 is 0 Å². The molecule has 0 aliphatic heterocycles. The molecule has 0 unspecified atom stereocenters. The highest BCUT2D eigenvalue weighted by atomic mass is 16.1. The first-order valence-corrected chi connectivity index (χ1v) is 4.60. The number of benzene rings is 1. The lowest BCUT2D eigenvalue weighted by Gasteiger charge is -1.97. The van der Waals surface area contributed by atoms with E-state index in [-0.39, 0.29) is 5.91 Å². The monoisotopic (exact) mass is 175 g/mol. The minimum absolute atomic E-state index is 0.177. The van der Waals surface area contributed by atoms with Crippen LogP contribution in [0, 0.1) is 5.92 Å². The van der Waals surface area contributed by atoms with Crippen molar-refractivity contribution in [2.75, 3.05) is 0 Å². The first-order chi connectivity index (χ1) is 6.27. The number of nitrogens with two attached hydrogens (primary N) is 1. The molecule has 2 N–H and O–H groups in total. The quantitative estimate of drug-likeness (QED) is 0.746. The van der Waals surface area contributed by atoms with Crippen LogP contribution in [0.2, 0.25) is 0 Å². The van der Waals surface area contributed by atoms with Crippen LogP contribution in [0.15, 0.2) is 30.3 Å². The Kier molecular flexibility index (Phi) is 2.05. The predicted molar refractivity (Wildman–Crippen MR) is 51.1 cm³/mol. The lowest BCUT2D eigenvalue weighted by molar-refractivity contribution is -0.118. The zero-order valence-electron chi connectivity index (χ0n) is 7.44. The largest absolute Gasteiger partial charge is 0.370 e. The third-order valence-corrected chi connectivity index (χ3v) is 2.61. The standard InChI is InChI=1S/C11H13NO/c12-11(13)7-9-6-10(9)8-4-2-1-3-5-8/h1-5,9-10H,6-7H2,(H2,12,13)/t9-,10-/m0/s1. The third kappa shape index (κ3) is 1.89. The second-order valence-corrected chi connectivity index (χ2v) is 3.68. The molecule has 0 radical (unpaired) electrons. The molecule has 2 rings (SSSR count). The van der Waals surface area contributed by atoms with Gasteiger partial charge in [-0.25, -0.2) is 0 Å². The average molecular weight is 175 g/mol. The number of hydrogen-bond donors (Lipinski definition) is 1. The number of hydrogen-bond acceptors (Lipinski definition) is 1. The molecule has 1 aromatic rings. The van der Waals surface area contributed by atoms with Crippen LogP contribution in [0.1, 0.15) is 24.3 Å². The molecule has 1 fully saturated rings. The highest BCUT2D eigenvalue weighted by molar-refractivity contribution is 5.74. The number of rotatable bonds is 3. The summed E-state index contributed by atoms with van der Waals surface area (Å²) in [6, 6.07) is 10.3. The first-order valence-electron chi connectivity index (χ1n) is 4.60. The Bertz CT molecular complexity index is 307. The van der Waals surface area contributed by atoms with Crippen molar-refractivity contribution in [3.63, 3.8) is 0 Å². The summed E-state index contributed by atoms with van der Waals surface area (Å²) >= 11 is 0. The fraction of sp³-hybridized carbons (Fsp3) is 0.364. The second kappa shape index (κ2) is 3.21. The summed E-state index contributed by atoms with van der Waals surface area (Å²) in [5, 5.41) is 0. The highest BCUT2D eigenvalue weighted by Crippen LogP contribution is 2.49. The number of carbonyl (C=O) groups excluding carboxylic acids is 1. The van der Waals surface area contributed by atoms with Gasteiger partial charge in [-0.05, 0) is 23.8 Å². The lowest BCUT2D eigenvalue weighted by atomic mass is 10.1. The Hall–Kier alpha value is -1.31. The lowest BCUT2D eigenvalue weighted by Crippen LogP contribution is -2.11. The predicted octanol–water partition coefficient (Wildman–Crippen LogP) is 1.67. The van der Waals surface area contributed by atoms with Crippen molar-refractivity contribution < 1.29 is 4.79 Å². The minimum Gasteiger partial charge on any atom is -0.370 e. The molecule has 2 nitrogen and oxygen atoms in total. The summed E-state index contributed by atoms with van der Waals surface area (Å²) in [5.74, 6) is 0.900. The van der Waals surface area contributed by atoms with Gasteiger partial charge in [0, 0.05) is 6.42 Å². The summed E-state index contributed by atoms with van der Waals surface area (Å²) in [4.78, 5) is 10.6. The maximum Gasteiger partial charge on any atom is 0.217 e. The molecule has 1 aromatic carbocycles. The average Bonchev–Trinajstić information content (AvgIpc) is 2.84. The van der Waals surface area contributed by atoms with E-state index in [1.165, 1.54) is 5.56 Å². The normalized spacial score (nSPS) is 25.5. The molecular weight excluding hydrogens is 162 g/mol. The van der Waals surface area contributed by atoms with E-state index in [0.717, 1.165) is 6.42 Å². The van der Waals surface area contributed by atoms with Gasteiger partial charge in [-0.3, -0.25) is 4.79 Å². The van der Waals surface area contributed by atoms with Crippen molar-refractivity contribution in [3.8, 4) is 0 Å². The van der Waals surface area contributed by atoms with Gasteiger partial charge in [-0.1, -0.05) is 30.3 Å². The van der Waals surface area contributed by atoms with Gasteiger partial charge in [0.15, 0.2) is 0 Å². The van der Waals surface area contributed by atoms with Crippen molar-refractivity contribution in [2.45, 2.75) is 18.8 Å². The Morgan fingerprint density at radius 1 is 1.38 bits per heavy atom. The molecule has 0 aromatic heterocycles. The van der Waals surface area contributed by atoms with Crippen molar-refractivity contribution >= 4 is 5.91 Å². The molecule has 0 heterocycles. The van der Waals surface area contributed by atoms with Gasteiger partial charge in [-0.15, -0.1) is 0 Å². The number of amides is 1. The van der Waals surface area contributed by atoms with Crippen LogP contribution in [0.5, 0.6) is 0 Å². The van der Waals surface area contributed by atoms with E-state index in [1.807, 2.05) is 18.2 Å². The molecule has 0 spiro atoms. The van der Waals surface area contributed by atoms with E-state index in [9.17, 15) is 4.79 Å². The Labute approximate surface area is 77.8 Å². The van der Waals surface area contributed by atoms with Gasteiger partial charge in [-0.2, -0.15) is 0 Å². The van der Waals surface area contributed by atoms with Gasteiger partial charge < -0.3 is 5.73 Å². The van der Waals surface area contributed by atoms with Crippen LogP contribution < -0.4 is 5.73 Å². The van der Waals surface area contributed by atoms with Crippen molar-refractivity contribution in [2.24, 2.45) is 11.7 Å². The van der Waals surface area contributed by atoms with E-state index in [0.29, 0.717) is 18.3 Å². The molecule has 1 saturated carbocycles. The van der Waals surface area contributed by atoms with Crippen molar-refractivity contribution in [1.29, 1.82) is 0 Å². The number of carbonyl (C=O) groups is 1. The Morgan fingerprint density at radius 2 is 2.08 bits per heavy atom. The number of primary amides is 1. The molecule has 1 amide bonds. The van der Waals surface area contributed by atoms with Crippen LogP contribution in [0.25, 0.3) is 0 Å². The maximum atomic E-state index is 10.6. The molecule has 13 heavy (non-hydrogen) atoms. The van der Waals surface area contributed by atoms with Crippen LogP contribution in [0.4, 0.5) is 0 Å². The Balaban J connectivity index is 1.97. The fourth-order valence-electron chi connectivity index (χ4n) is 1.84. The fourth-order valence-corrected chi connectivity index (χ4v) is 1.84. The summed E-state index contributed by atoms with van der Waals surface area (Å²) < 4.78 is 0. The van der Waals surface area contributed by atoms with Crippen LogP contribution >= 0.6 is 0 Å². The second-order valence-electron chi connectivity index (χ2n) is 3.68. The maximum absolute atomic E-state index is 10.6. The minimum atomic E-state index is -0.177. The highest BCUT2D eigenvalue weighted by Gasteiger charge is 2.38.